The molecule has 0 aromatic carbocycles. The molecule has 1 amide bonds. The number of hydrogen-bond acceptors (Lipinski definition) is 2. The molecule has 1 heterocycles. The number of nitrogens with one attached hydrogen (secondary N) is 1. The molecule has 1 rings (SSSR count). The van der Waals surface area contributed by atoms with Crippen molar-refractivity contribution in [3.8, 4) is 0 Å². The quantitative estimate of drug-likeness (QED) is 0.774. The molecule has 3 atom stereocenters. The van der Waals surface area contributed by atoms with Crippen molar-refractivity contribution in [1.29, 1.82) is 0 Å². The Morgan fingerprint density at radius 2 is 1.88 bits per heavy atom. The Bertz CT molecular complexity index is 251. The van der Waals surface area contributed by atoms with Crippen LogP contribution >= 0.6 is 0 Å². The minimum atomic E-state index is -0.0108. The van der Waals surface area contributed by atoms with Crippen LogP contribution in [-0.4, -0.2) is 29.1 Å². The van der Waals surface area contributed by atoms with Gasteiger partial charge in [-0.1, -0.05) is 40.0 Å². The van der Waals surface area contributed by atoms with Gasteiger partial charge in [0.2, 0.25) is 5.91 Å². The summed E-state index contributed by atoms with van der Waals surface area (Å²) >= 11 is 0. The molecule has 0 saturated carbocycles. The molecular formula is C14H28N2O. The second-order valence-corrected chi connectivity index (χ2v) is 5.26. The summed E-state index contributed by atoms with van der Waals surface area (Å²) in [5.74, 6) is 0.897. The van der Waals surface area contributed by atoms with Gasteiger partial charge in [-0.25, -0.2) is 0 Å². The predicted molar refractivity (Wildman–Crippen MR) is 71.7 cm³/mol. The van der Waals surface area contributed by atoms with E-state index in [1.807, 2.05) is 6.92 Å². The van der Waals surface area contributed by atoms with E-state index in [4.69, 9.17) is 0 Å². The Balaban J connectivity index is 2.79. The van der Waals surface area contributed by atoms with E-state index in [2.05, 4.69) is 37.9 Å². The van der Waals surface area contributed by atoms with Crippen molar-refractivity contribution in [2.45, 2.75) is 78.6 Å². The number of nitrogens with zero attached hydrogens (tertiary/aromatic N) is 1. The van der Waals surface area contributed by atoms with Crippen LogP contribution in [0.5, 0.6) is 0 Å². The molecule has 1 aliphatic rings. The zero-order valence-electron chi connectivity index (χ0n) is 12.0. The topological polar surface area (TPSA) is 32.3 Å². The molecule has 1 saturated heterocycles. The Kier molecular flexibility index (Phi) is 5.44. The molecule has 0 aromatic rings. The van der Waals surface area contributed by atoms with Crippen molar-refractivity contribution in [2.24, 2.45) is 5.92 Å². The largest absolute Gasteiger partial charge is 0.323 e. The molecule has 100 valence electrons. The first-order valence-corrected chi connectivity index (χ1v) is 7.14. The highest BCUT2D eigenvalue weighted by Crippen LogP contribution is 2.25. The third kappa shape index (κ3) is 3.01. The van der Waals surface area contributed by atoms with Crippen molar-refractivity contribution < 1.29 is 4.79 Å². The van der Waals surface area contributed by atoms with E-state index < -0.39 is 0 Å². The van der Waals surface area contributed by atoms with Crippen LogP contribution in [-0.2, 0) is 4.79 Å². The molecular weight excluding hydrogens is 212 g/mol. The first-order chi connectivity index (χ1) is 8.06. The van der Waals surface area contributed by atoms with E-state index in [0.717, 1.165) is 25.7 Å². The second kappa shape index (κ2) is 6.39. The Labute approximate surface area is 106 Å². The fraction of sp³-hybridized carbons (Fsp3) is 0.929. The van der Waals surface area contributed by atoms with Gasteiger partial charge >= 0.3 is 0 Å². The van der Waals surface area contributed by atoms with Crippen LogP contribution in [0.2, 0.25) is 0 Å². The highest BCUT2D eigenvalue weighted by atomic mass is 16.2. The lowest BCUT2D eigenvalue weighted by molar-refractivity contribution is -0.132. The fourth-order valence-corrected chi connectivity index (χ4v) is 3.00. The summed E-state index contributed by atoms with van der Waals surface area (Å²) in [4.78, 5) is 14.3. The molecule has 0 radical (unpaired) electrons. The summed E-state index contributed by atoms with van der Waals surface area (Å²) in [6.07, 6.45) is 4.71. The van der Waals surface area contributed by atoms with Crippen molar-refractivity contribution in [3.63, 3.8) is 0 Å². The average molecular weight is 240 g/mol. The van der Waals surface area contributed by atoms with Gasteiger partial charge < -0.3 is 4.90 Å². The number of amides is 1. The van der Waals surface area contributed by atoms with Crippen LogP contribution in [0.15, 0.2) is 0 Å². The van der Waals surface area contributed by atoms with E-state index in [0.29, 0.717) is 12.0 Å². The van der Waals surface area contributed by atoms with Crippen LogP contribution in [0.4, 0.5) is 0 Å². The molecule has 0 spiro atoms. The van der Waals surface area contributed by atoms with Crippen LogP contribution < -0.4 is 5.32 Å². The van der Waals surface area contributed by atoms with Gasteiger partial charge in [-0.05, 0) is 26.2 Å². The van der Waals surface area contributed by atoms with E-state index in [1.165, 1.54) is 0 Å². The molecule has 0 aromatic heterocycles. The van der Waals surface area contributed by atoms with E-state index in [9.17, 15) is 4.79 Å². The van der Waals surface area contributed by atoms with Crippen LogP contribution in [0.1, 0.15) is 60.3 Å². The van der Waals surface area contributed by atoms with Gasteiger partial charge in [-0.15, -0.1) is 0 Å². The standard InChI is InChI=1S/C14H28N2O/c1-6-9-13-15-10(4)14(17)16(13)11(5)12(7-2)8-3/h10-13,15H,6-9H2,1-5H3. The molecule has 0 bridgehead atoms. The van der Waals surface area contributed by atoms with Gasteiger partial charge in [0, 0.05) is 6.04 Å². The number of rotatable bonds is 6. The molecule has 3 heteroatoms. The maximum Gasteiger partial charge on any atom is 0.240 e. The third-order valence-corrected chi connectivity index (χ3v) is 4.13. The zero-order chi connectivity index (χ0) is 13.0. The van der Waals surface area contributed by atoms with Crippen molar-refractivity contribution in [2.75, 3.05) is 0 Å². The van der Waals surface area contributed by atoms with E-state index >= 15 is 0 Å². The first kappa shape index (κ1) is 14.5. The van der Waals surface area contributed by atoms with Gasteiger partial charge in [0.1, 0.15) is 0 Å². The summed E-state index contributed by atoms with van der Waals surface area (Å²) in [5, 5.41) is 3.41. The molecule has 3 nitrogen and oxygen atoms in total. The van der Waals surface area contributed by atoms with Crippen molar-refractivity contribution >= 4 is 5.91 Å². The van der Waals surface area contributed by atoms with Gasteiger partial charge in [0.15, 0.2) is 0 Å². The molecule has 1 N–H and O–H groups in total. The Morgan fingerprint density at radius 3 is 2.35 bits per heavy atom. The summed E-state index contributed by atoms with van der Waals surface area (Å²) < 4.78 is 0. The zero-order valence-corrected chi connectivity index (χ0v) is 12.0. The Hall–Kier alpha value is -0.570. The Morgan fingerprint density at radius 1 is 1.29 bits per heavy atom. The summed E-state index contributed by atoms with van der Waals surface area (Å²) in [6, 6.07) is 0.342. The van der Waals surface area contributed by atoms with Crippen LogP contribution in [0.25, 0.3) is 0 Å². The minimum absolute atomic E-state index is 0.0108. The normalized spacial score (nSPS) is 26.9. The van der Waals surface area contributed by atoms with Gasteiger partial charge in [0.25, 0.3) is 0 Å². The smallest absolute Gasteiger partial charge is 0.240 e. The number of carbonyl (C=O) groups is 1. The highest BCUT2D eigenvalue weighted by Gasteiger charge is 2.39. The second-order valence-electron chi connectivity index (χ2n) is 5.26. The fourth-order valence-electron chi connectivity index (χ4n) is 3.00. The van der Waals surface area contributed by atoms with Gasteiger partial charge in [0.05, 0.1) is 12.2 Å². The lowest BCUT2D eigenvalue weighted by Gasteiger charge is -2.35. The molecule has 1 fully saturated rings. The first-order valence-electron chi connectivity index (χ1n) is 7.14. The average Bonchev–Trinajstić information content (AvgIpc) is 2.57. The summed E-state index contributed by atoms with van der Waals surface area (Å²) in [5.41, 5.74) is 0. The third-order valence-electron chi connectivity index (χ3n) is 4.13. The number of hydrogen-bond donors (Lipinski definition) is 1. The van der Waals surface area contributed by atoms with Gasteiger partial charge in [-0.2, -0.15) is 0 Å². The molecule has 17 heavy (non-hydrogen) atoms. The van der Waals surface area contributed by atoms with Crippen LogP contribution in [0, 0.1) is 5.92 Å². The predicted octanol–water partition coefficient (Wildman–Crippen LogP) is 2.76. The summed E-state index contributed by atoms with van der Waals surface area (Å²) in [7, 11) is 0. The monoisotopic (exact) mass is 240 g/mol. The van der Waals surface area contributed by atoms with E-state index in [-0.39, 0.29) is 18.1 Å². The highest BCUT2D eigenvalue weighted by molar-refractivity contribution is 5.84. The van der Waals surface area contributed by atoms with Crippen molar-refractivity contribution in [1.82, 2.24) is 10.2 Å². The maximum absolute atomic E-state index is 12.2. The van der Waals surface area contributed by atoms with Crippen molar-refractivity contribution in [3.05, 3.63) is 0 Å². The summed E-state index contributed by atoms with van der Waals surface area (Å²) in [6.45, 7) is 10.8. The molecule has 0 aliphatic carbocycles. The maximum atomic E-state index is 12.2. The lowest BCUT2D eigenvalue weighted by Crippen LogP contribution is -2.46. The molecule has 3 unspecified atom stereocenters. The SMILES string of the molecule is CCCC1NC(C)C(=O)N1C(C)C(CC)CC. The van der Waals surface area contributed by atoms with Gasteiger partial charge in [-0.3, -0.25) is 10.1 Å². The van der Waals surface area contributed by atoms with Crippen LogP contribution in [0.3, 0.4) is 0 Å². The minimum Gasteiger partial charge on any atom is -0.323 e. The molecule has 1 aliphatic heterocycles. The number of carbonyl (C=O) groups excluding carboxylic acids is 1. The van der Waals surface area contributed by atoms with E-state index in [1.54, 1.807) is 0 Å². The lowest BCUT2D eigenvalue weighted by atomic mass is 9.93.